The molecule has 2 aromatic heterocycles. The smallest absolute Gasteiger partial charge is 0.174 e. The zero-order valence-corrected chi connectivity index (χ0v) is 9.68. The largest absolute Gasteiger partial charge is 0.472 e. The molecule has 15 heavy (non-hydrogen) atoms. The summed E-state index contributed by atoms with van der Waals surface area (Å²) in [5.74, 6) is 1.01. The van der Waals surface area contributed by atoms with Crippen molar-refractivity contribution in [3.63, 3.8) is 0 Å². The summed E-state index contributed by atoms with van der Waals surface area (Å²) in [6.45, 7) is 1.81. The Hall–Kier alpha value is -0.850. The van der Waals surface area contributed by atoms with E-state index < -0.39 is 0 Å². The van der Waals surface area contributed by atoms with Crippen molar-refractivity contribution in [1.82, 2.24) is 15.5 Å². The standard InChI is InChI=1S/C9H11N3OS2/c1-3-13-6-8(1)5-10-2-4-14-9-12-11-7-15-9/h1,3,6-7,10H,2,4-5H2. The van der Waals surface area contributed by atoms with Gasteiger partial charge in [-0.1, -0.05) is 23.1 Å². The van der Waals surface area contributed by atoms with Crippen molar-refractivity contribution in [2.24, 2.45) is 0 Å². The molecular formula is C9H11N3OS2. The SMILES string of the molecule is c1cc(CNCCSc2nncs2)co1. The molecule has 2 rings (SSSR count). The molecule has 0 unspecified atom stereocenters. The Labute approximate surface area is 96.1 Å². The van der Waals surface area contributed by atoms with E-state index in [0.29, 0.717) is 0 Å². The van der Waals surface area contributed by atoms with Crippen LogP contribution >= 0.6 is 23.1 Å². The number of nitrogens with one attached hydrogen (secondary N) is 1. The molecule has 0 fully saturated rings. The topological polar surface area (TPSA) is 51.0 Å². The van der Waals surface area contributed by atoms with Crippen molar-refractivity contribution in [3.8, 4) is 0 Å². The highest BCUT2D eigenvalue weighted by molar-refractivity contribution is 8.01. The molecule has 0 saturated carbocycles. The molecule has 2 heterocycles. The summed E-state index contributed by atoms with van der Waals surface area (Å²) < 4.78 is 6.00. The van der Waals surface area contributed by atoms with Gasteiger partial charge in [0.05, 0.1) is 12.5 Å². The van der Waals surface area contributed by atoms with E-state index >= 15 is 0 Å². The fourth-order valence-electron chi connectivity index (χ4n) is 1.06. The number of furan rings is 1. The van der Waals surface area contributed by atoms with Gasteiger partial charge in [0.25, 0.3) is 0 Å². The molecule has 2 aromatic rings. The van der Waals surface area contributed by atoms with Gasteiger partial charge < -0.3 is 9.73 Å². The highest BCUT2D eigenvalue weighted by Crippen LogP contribution is 2.17. The zero-order chi connectivity index (χ0) is 10.3. The average molecular weight is 241 g/mol. The van der Waals surface area contributed by atoms with Crippen molar-refractivity contribution >= 4 is 23.1 Å². The molecule has 0 spiro atoms. The molecule has 0 atom stereocenters. The van der Waals surface area contributed by atoms with Gasteiger partial charge in [-0.3, -0.25) is 0 Å². The van der Waals surface area contributed by atoms with Crippen LogP contribution < -0.4 is 5.32 Å². The monoisotopic (exact) mass is 241 g/mol. The highest BCUT2D eigenvalue weighted by Gasteiger charge is 1.97. The molecule has 0 radical (unpaired) electrons. The van der Waals surface area contributed by atoms with Crippen LogP contribution in [0.1, 0.15) is 5.56 Å². The van der Waals surface area contributed by atoms with Crippen LogP contribution in [0.15, 0.2) is 32.9 Å². The minimum Gasteiger partial charge on any atom is -0.472 e. The van der Waals surface area contributed by atoms with E-state index in [1.807, 2.05) is 6.07 Å². The molecule has 0 aromatic carbocycles. The number of aromatic nitrogens is 2. The number of hydrogen-bond donors (Lipinski definition) is 1. The van der Waals surface area contributed by atoms with Crippen LogP contribution in [0.3, 0.4) is 0 Å². The number of rotatable bonds is 6. The van der Waals surface area contributed by atoms with E-state index in [1.165, 1.54) is 5.56 Å². The van der Waals surface area contributed by atoms with Crippen molar-refractivity contribution in [2.45, 2.75) is 10.9 Å². The predicted molar refractivity (Wildman–Crippen MR) is 61.0 cm³/mol. The lowest BCUT2D eigenvalue weighted by Crippen LogP contribution is -2.15. The molecule has 0 bridgehead atoms. The third-order valence-corrected chi connectivity index (χ3v) is 3.62. The van der Waals surface area contributed by atoms with Crippen LogP contribution in [0, 0.1) is 0 Å². The lowest BCUT2D eigenvalue weighted by molar-refractivity contribution is 0.561. The minimum absolute atomic E-state index is 0.854. The molecule has 0 aliphatic carbocycles. The maximum Gasteiger partial charge on any atom is 0.174 e. The molecule has 4 nitrogen and oxygen atoms in total. The van der Waals surface area contributed by atoms with Crippen LogP contribution in [0.2, 0.25) is 0 Å². The molecule has 0 amide bonds. The lowest BCUT2D eigenvalue weighted by atomic mass is 10.3. The van der Waals surface area contributed by atoms with Gasteiger partial charge in [0.2, 0.25) is 0 Å². The third kappa shape index (κ3) is 3.65. The van der Waals surface area contributed by atoms with Gasteiger partial charge >= 0.3 is 0 Å². The van der Waals surface area contributed by atoms with Gasteiger partial charge in [-0.05, 0) is 6.07 Å². The molecule has 0 aliphatic rings. The Kier molecular flexibility index (Phi) is 4.19. The predicted octanol–water partition coefficient (Wildman–Crippen LogP) is 2.01. The second kappa shape index (κ2) is 5.89. The van der Waals surface area contributed by atoms with Crippen molar-refractivity contribution in [1.29, 1.82) is 0 Å². The van der Waals surface area contributed by atoms with Crippen molar-refractivity contribution in [3.05, 3.63) is 29.7 Å². The Balaban J connectivity index is 1.56. The first-order valence-corrected chi connectivity index (χ1v) is 6.42. The summed E-state index contributed by atoms with van der Waals surface area (Å²) in [6.07, 6.45) is 3.44. The van der Waals surface area contributed by atoms with E-state index in [2.05, 4.69) is 15.5 Å². The van der Waals surface area contributed by atoms with Gasteiger partial charge in [0.1, 0.15) is 5.51 Å². The van der Waals surface area contributed by atoms with Gasteiger partial charge in [-0.25, -0.2) is 0 Å². The van der Waals surface area contributed by atoms with Crippen molar-refractivity contribution < 1.29 is 4.42 Å². The maximum atomic E-state index is 4.97. The molecule has 0 aliphatic heterocycles. The van der Waals surface area contributed by atoms with Crippen molar-refractivity contribution in [2.75, 3.05) is 12.3 Å². The van der Waals surface area contributed by atoms with Crippen LogP contribution in [-0.2, 0) is 6.54 Å². The number of hydrogen-bond acceptors (Lipinski definition) is 6. The van der Waals surface area contributed by atoms with Gasteiger partial charge in [-0.15, -0.1) is 10.2 Å². The maximum absolute atomic E-state index is 4.97. The zero-order valence-electron chi connectivity index (χ0n) is 8.05. The van der Waals surface area contributed by atoms with E-state index in [1.54, 1.807) is 41.1 Å². The van der Waals surface area contributed by atoms with Gasteiger partial charge in [0, 0.05) is 24.4 Å². The summed E-state index contributed by atoms with van der Waals surface area (Å²) in [5, 5.41) is 11.1. The first-order valence-electron chi connectivity index (χ1n) is 4.56. The lowest BCUT2D eigenvalue weighted by Gasteiger charge is -2.00. The van der Waals surface area contributed by atoms with E-state index in [-0.39, 0.29) is 0 Å². The summed E-state index contributed by atoms with van der Waals surface area (Å²) in [7, 11) is 0. The summed E-state index contributed by atoms with van der Waals surface area (Å²) in [5.41, 5.74) is 2.93. The highest BCUT2D eigenvalue weighted by atomic mass is 32.2. The Morgan fingerprint density at radius 1 is 1.53 bits per heavy atom. The first kappa shape index (κ1) is 10.7. The quantitative estimate of drug-likeness (QED) is 0.619. The molecular weight excluding hydrogens is 230 g/mol. The normalized spacial score (nSPS) is 10.7. The first-order chi connectivity index (χ1) is 7.45. The molecule has 1 N–H and O–H groups in total. The van der Waals surface area contributed by atoms with E-state index in [9.17, 15) is 0 Å². The van der Waals surface area contributed by atoms with Crippen LogP contribution in [0.5, 0.6) is 0 Å². The third-order valence-electron chi connectivity index (χ3n) is 1.75. The Morgan fingerprint density at radius 3 is 3.27 bits per heavy atom. The second-order valence-corrected chi connectivity index (χ2v) is 5.04. The summed E-state index contributed by atoms with van der Waals surface area (Å²) in [4.78, 5) is 0. The molecule has 80 valence electrons. The number of thioether (sulfide) groups is 1. The Morgan fingerprint density at radius 2 is 2.53 bits per heavy atom. The van der Waals surface area contributed by atoms with Crippen LogP contribution in [0.4, 0.5) is 0 Å². The van der Waals surface area contributed by atoms with Gasteiger partial charge in [-0.2, -0.15) is 0 Å². The summed E-state index contributed by atoms with van der Waals surface area (Å²) in [6, 6.07) is 1.96. The minimum atomic E-state index is 0.854. The summed E-state index contributed by atoms with van der Waals surface area (Å²) >= 11 is 3.30. The number of nitrogens with zero attached hydrogens (tertiary/aromatic N) is 2. The fraction of sp³-hybridized carbons (Fsp3) is 0.333. The molecule has 6 heteroatoms. The average Bonchev–Trinajstić information content (AvgIpc) is 2.88. The van der Waals surface area contributed by atoms with Crippen LogP contribution in [0.25, 0.3) is 0 Å². The van der Waals surface area contributed by atoms with E-state index in [0.717, 1.165) is 23.2 Å². The van der Waals surface area contributed by atoms with E-state index in [4.69, 9.17) is 4.42 Å². The Bertz CT molecular complexity index is 324. The second-order valence-electron chi connectivity index (χ2n) is 2.86. The fourth-order valence-corrected chi connectivity index (χ4v) is 2.52. The van der Waals surface area contributed by atoms with Crippen LogP contribution in [-0.4, -0.2) is 22.5 Å². The van der Waals surface area contributed by atoms with Gasteiger partial charge in [0.15, 0.2) is 4.34 Å². The molecule has 0 saturated heterocycles.